The molecule has 0 amide bonds. The van der Waals surface area contributed by atoms with Gasteiger partial charge in [-0.2, -0.15) is 39.5 Å². The third-order valence-electron chi connectivity index (χ3n) is 5.06. The fourth-order valence-corrected chi connectivity index (χ4v) is 4.09. The number of rotatable bonds is 7. The molecule has 17 heteroatoms. The highest BCUT2D eigenvalue weighted by atomic mass is 32.2. The van der Waals surface area contributed by atoms with E-state index >= 15 is 0 Å². The monoisotopic (exact) mass is 547 g/mol. The average Bonchev–Trinajstić information content (AvgIpc) is 3.20. The number of nitrogens with zero attached hydrogens (tertiary/aromatic N) is 5. The molecular formula is C19H14F9N5O2S. The van der Waals surface area contributed by atoms with E-state index in [0.717, 1.165) is 12.3 Å². The van der Waals surface area contributed by atoms with E-state index in [1.807, 2.05) is 0 Å². The van der Waals surface area contributed by atoms with Crippen molar-refractivity contribution in [1.82, 2.24) is 24.5 Å². The van der Waals surface area contributed by atoms with Crippen molar-refractivity contribution in [3.63, 3.8) is 0 Å². The maximum atomic E-state index is 14.5. The summed E-state index contributed by atoms with van der Waals surface area (Å²) in [5.74, 6) is -21.5. The molecule has 0 aromatic carbocycles. The van der Waals surface area contributed by atoms with Gasteiger partial charge in [0.1, 0.15) is 11.4 Å². The Morgan fingerprint density at radius 2 is 1.44 bits per heavy atom. The molecule has 3 heterocycles. The lowest BCUT2D eigenvalue weighted by molar-refractivity contribution is -0.400. The van der Waals surface area contributed by atoms with Crippen LogP contribution in [0.4, 0.5) is 39.5 Å². The first-order chi connectivity index (χ1) is 16.4. The van der Waals surface area contributed by atoms with E-state index < -0.39 is 61.6 Å². The second kappa shape index (κ2) is 8.70. The van der Waals surface area contributed by atoms with Crippen molar-refractivity contribution < 1.29 is 47.9 Å². The van der Waals surface area contributed by atoms with E-state index in [9.17, 15) is 47.9 Å². The van der Waals surface area contributed by atoms with Gasteiger partial charge in [0.2, 0.25) is 0 Å². The molecule has 3 rings (SSSR count). The molecule has 0 aliphatic heterocycles. The zero-order chi connectivity index (χ0) is 27.3. The van der Waals surface area contributed by atoms with Crippen LogP contribution in [0.15, 0.2) is 41.8 Å². The number of pyridine rings is 1. The lowest BCUT2D eigenvalue weighted by Gasteiger charge is -2.33. The Hall–Kier alpha value is -3.24. The smallest absolute Gasteiger partial charge is 0.325 e. The summed E-state index contributed by atoms with van der Waals surface area (Å²) >= 11 is 0. The molecule has 36 heavy (non-hydrogen) atoms. The minimum atomic E-state index is -7.11. The SMILES string of the molecule is CCS(=O)(=O)c1cc(-c2ncccn2)cnc1-c1ncc(C(F)(F)C(F)(F)C(F)(F)C(F)(F)F)n1C. The van der Waals surface area contributed by atoms with Crippen LogP contribution in [0.2, 0.25) is 0 Å². The standard InChI is InChI=1S/C19H14F9N5O2S/c1-3-36(34,35)11-7-10(14-29-5-4-6-30-14)8-31-13(11)15-32-9-12(33(15)2)16(20,21)17(22,23)18(24,25)19(26,27)28/h4-9H,3H2,1-2H3. The molecule has 0 radical (unpaired) electrons. The van der Waals surface area contributed by atoms with Crippen molar-refractivity contribution in [2.45, 2.75) is 35.8 Å². The molecule has 0 fully saturated rings. The van der Waals surface area contributed by atoms with Gasteiger partial charge in [-0.1, -0.05) is 6.92 Å². The summed E-state index contributed by atoms with van der Waals surface area (Å²) in [5, 5.41) is 0. The summed E-state index contributed by atoms with van der Waals surface area (Å²) in [6.45, 7) is 1.22. The molecule has 0 saturated heterocycles. The van der Waals surface area contributed by atoms with Gasteiger partial charge in [0.25, 0.3) is 0 Å². The first kappa shape index (κ1) is 27.3. The van der Waals surface area contributed by atoms with Crippen molar-refractivity contribution in [3.8, 4) is 22.9 Å². The van der Waals surface area contributed by atoms with E-state index in [1.54, 1.807) is 0 Å². The van der Waals surface area contributed by atoms with E-state index in [-0.39, 0.29) is 22.2 Å². The topological polar surface area (TPSA) is 90.6 Å². The maximum absolute atomic E-state index is 14.5. The quantitative estimate of drug-likeness (QED) is 0.400. The third kappa shape index (κ3) is 4.18. The number of sulfone groups is 1. The van der Waals surface area contributed by atoms with Crippen LogP contribution in [0, 0.1) is 0 Å². The summed E-state index contributed by atoms with van der Waals surface area (Å²) in [6, 6.07) is 2.47. The zero-order valence-electron chi connectivity index (χ0n) is 18.0. The molecule has 0 aliphatic carbocycles. The van der Waals surface area contributed by atoms with E-state index in [0.29, 0.717) is 7.05 Å². The average molecular weight is 547 g/mol. The maximum Gasteiger partial charge on any atom is 0.460 e. The summed E-state index contributed by atoms with van der Waals surface area (Å²) < 4.78 is 146. The number of aromatic nitrogens is 5. The molecule has 3 aromatic rings. The van der Waals surface area contributed by atoms with Crippen LogP contribution >= 0.6 is 0 Å². The Morgan fingerprint density at radius 3 is 1.97 bits per heavy atom. The Kier molecular flexibility index (Phi) is 6.61. The number of imidazole rings is 1. The van der Waals surface area contributed by atoms with Crippen LogP contribution < -0.4 is 0 Å². The third-order valence-corrected chi connectivity index (χ3v) is 6.80. The second-order valence-electron chi connectivity index (χ2n) is 7.29. The second-order valence-corrected chi connectivity index (χ2v) is 9.54. The predicted molar refractivity (Wildman–Crippen MR) is 105 cm³/mol. The van der Waals surface area contributed by atoms with Crippen molar-refractivity contribution >= 4 is 9.84 Å². The summed E-state index contributed by atoms with van der Waals surface area (Å²) in [5.41, 5.74) is -2.63. The highest BCUT2D eigenvalue weighted by Gasteiger charge is 2.82. The van der Waals surface area contributed by atoms with Gasteiger partial charge < -0.3 is 4.57 Å². The largest absolute Gasteiger partial charge is 0.460 e. The van der Waals surface area contributed by atoms with Gasteiger partial charge >= 0.3 is 23.9 Å². The predicted octanol–water partition coefficient (Wildman–Crippen LogP) is 4.66. The fraction of sp³-hybridized carbons (Fsp3) is 0.368. The zero-order valence-corrected chi connectivity index (χ0v) is 18.9. The molecule has 0 N–H and O–H groups in total. The number of alkyl halides is 9. The molecule has 0 bridgehead atoms. The van der Waals surface area contributed by atoms with Gasteiger partial charge in [-0.3, -0.25) is 4.98 Å². The van der Waals surface area contributed by atoms with Crippen LogP contribution in [-0.4, -0.2) is 56.7 Å². The molecule has 196 valence electrons. The van der Waals surface area contributed by atoms with Gasteiger partial charge in [-0.25, -0.2) is 23.4 Å². The van der Waals surface area contributed by atoms with Crippen molar-refractivity contribution in [2.75, 3.05) is 5.75 Å². The lowest BCUT2D eigenvalue weighted by Crippen LogP contribution is -2.59. The molecule has 0 atom stereocenters. The van der Waals surface area contributed by atoms with Crippen LogP contribution in [-0.2, 0) is 22.8 Å². The molecule has 0 aliphatic rings. The van der Waals surface area contributed by atoms with E-state index in [2.05, 4.69) is 19.9 Å². The summed E-state index contributed by atoms with van der Waals surface area (Å²) in [4.78, 5) is 14.4. The first-order valence-electron chi connectivity index (χ1n) is 9.63. The normalized spacial score (nSPS) is 13.8. The Morgan fingerprint density at radius 1 is 0.861 bits per heavy atom. The van der Waals surface area contributed by atoms with Crippen LogP contribution in [0.3, 0.4) is 0 Å². The van der Waals surface area contributed by atoms with Gasteiger partial charge in [0.15, 0.2) is 21.5 Å². The highest BCUT2D eigenvalue weighted by molar-refractivity contribution is 7.91. The van der Waals surface area contributed by atoms with Gasteiger partial charge in [-0.15, -0.1) is 0 Å². The number of halogens is 9. The number of hydrogen-bond donors (Lipinski definition) is 0. The van der Waals surface area contributed by atoms with Crippen LogP contribution in [0.5, 0.6) is 0 Å². The molecule has 7 nitrogen and oxygen atoms in total. The Bertz CT molecular complexity index is 1370. The Labute approximate surface area is 197 Å². The minimum Gasteiger partial charge on any atom is -0.325 e. The lowest BCUT2D eigenvalue weighted by atomic mass is 10.0. The summed E-state index contributed by atoms with van der Waals surface area (Å²) in [6.07, 6.45) is -3.39. The van der Waals surface area contributed by atoms with Crippen molar-refractivity contribution in [3.05, 3.63) is 42.6 Å². The number of hydrogen-bond acceptors (Lipinski definition) is 6. The fourth-order valence-electron chi connectivity index (χ4n) is 3.03. The van der Waals surface area contributed by atoms with Crippen molar-refractivity contribution in [2.24, 2.45) is 7.05 Å². The van der Waals surface area contributed by atoms with Gasteiger partial charge in [0, 0.05) is 31.2 Å². The van der Waals surface area contributed by atoms with Crippen LogP contribution in [0.25, 0.3) is 22.9 Å². The van der Waals surface area contributed by atoms with Gasteiger partial charge in [-0.05, 0) is 12.1 Å². The molecule has 0 spiro atoms. The molecular weight excluding hydrogens is 533 g/mol. The highest BCUT2D eigenvalue weighted by Crippen LogP contribution is 2.56. The Balaban J connectivity index is 2.21. The first-order valence-corrected chi connectivity index (χ1v) is 11.3. The van der Waals surface area contributed by atoms with Gasteiger partial charge in [0.05, 0.1) is 16.8 Å². The molecule has 0 unspecified atom stereocenters. The minimum absolute atomic E-state index is 0.0187. The van der Waals surface area contributed by atoms with E-state index in [1.165, 1.54) is 25.4 Å². The summed E-state index contributed by atoms with van der Waals surface area (Å²) in [7, 11) is -3.59. The molecule has 3 aromatic heterocycles. The van der Waals surface area contributed by atoms with E-state index in [4.69, 9.17) is 0 Å². The van der Waals surface area contributed by atoms with Crippen molar-refractivity contribution in [1.29, 1.82) is 0 Å². The molecule has 0 saturated carbocycles. The van der Waals surface area contributed by atoms with Crippen LogP contribution in [0.1, 0.15) is 12.6 Å².